The molecule has 1 aromatic rings. The molecule has 1 aliphatic heterocycles. The fourth-order valence-corrected chi connectivity index (χ4v) is 2.60. The number of halogens is 1. The molecule has 0 amide bonds. The Bertz CT molecular complexity index is 437. The van der Waals surface area contributed by atoms with Gasteiger partial charge in [-0.05, 0) is 28.8 Å². The van der Waals surface area contributed by atoms with E-state index in [0.717, 1.165) is 42.2 Å². The van der Waals surface area contributed by atoms with Crippen LogP contribution in [0, 0.1) is 0 Å². The van der Waals surface area contributed by atoms with E-state index in [0.29, 0.717) is 6.10 Å². The molecule has 2 rings (SSSR count). The summed E-state index contributed by atoms with van der Waals surface area (Å²) in [7, 11) is 1.79. The highest BCUT2D eigenvalue weighted by molar-refractivity contribution is 9.10. The van der Waals surface area contributed by atoms with Crippen LogP contribution in [0.5, 0.6) is 0 Å². The van der Waals surface area contributed by atoms with Crippen LogP contribution in [0.2, 0.25) is 0 Å². The third kappa shape index (κ3) is 3.66. The van der Waals surface area contributed by atoms with Crippen molar-refractivity contribution in [1.82, 2.24) is 9.97 Å². The van der Waals surface area contributed by atoms with Crippen LogP contribution in [0.4, 0.5) is 5.82 Å². The molecule has 0 atom stereocenters. The summed E-state index contributed by atoms with van der Waals surface area (Å²) in [5.41, 5.74) is -0.0383. The van der Waals surface area contributed by atoms with Crippen LogP contribution < -0.4 is 4.90 Å². The summed E-state index contributed by atoms with van der Waals surface area (Å²) in [6, 6.07) is 2.00. The van der Waals surface area contributed by atoms with E-state index in [4.69, 9.17) is 9.72 Å². The lowest BCUT2D eigenvalue weighted by Crippen LogP contribution is -2.37. The zero-order valence-electron chi connectivity index (χ0n) is 12.1. The number of hydrogen-bond donors (Lipinski definition) is 0. The molecule has 4 nitrogen and oxygen atoms in total. The molecule has 5 heteroatoms. The van der Waals surface area contributed by atoms with Crippen molar-refractivity contribution in [3.63, 3.8) is 0 Å². The maximum atomic E-state index is 5.41. The van der Waals surface area contributed by atoms with Crippen LogP contribution >= 0.6 is 15.9 Å². The van der Waals surface area contributed by atoms with Crippen molar-refractivity contribution in [2.24, 2.45) is 0 Å². The van der Waals surface area contributed by atoms with Crippen LogP contribution in [0.1, 0.15) is 39.4 Å². The maximum absolute atomic E-state index is 5.41. The van der Waals surface area contributed by atoms with Gasteiger partial charge in [0.25, 0.3) is 0 Å². The Morgan fingerprint density at radius 2 is 1.89 bits per heavy atom. The quantitative estimate of drug-likeness (QED) is 0.782. The lowest BCUT2D eigenvalue weighted by molar-refractivity contribution is 0.0818. The molecule has 1 aromatic heterocycles. The molecule has 0 saturated carbocycles. The van der Waals surface area contributed by atoms with Crippen LogP contribution in [-0.2, 0) is 10.2 Å². The lowest BCUT2D eigenvalue weighted by atomic mass is 9.96. The number of ether oxygens (including phenoxy) is 1. The topological polar surface area (TPSA) is 38.2 Å². The van der Waals surface area contributed by atoms with E-state index in [1.54, 1.807) is 7.11 Å². The van der Waals surface area contributed by atoms with Gasteiger partial charge < -0.3 is 9.64 Å². The zero-order chi connectivity index (χ0) is 14.0. The highest BCUT2D eigenvalue weighted by Gasteiger charge is 2.23. The van der Waals surface area contributed by atoms with Gasteiger partial charge in [-0.3, -0.25) is 0 Å². The SMILES string of the molecule is COC1CCN(c2cc(Br)nc(C(C)(C)C)n2)CC1. The third-order valence-corrected chi connectivity index (χ3v) is 3.86. The monoisotopic (exact) mass is 327 g/mol. The Morgan fingerprint density at radius 3 is 2.42 bits per heavy atom. The van der Waals surface area contributed by atoms with Gasteiger partial charge in [-0.2, -0.15) is 0 Å². The van der Waals surface area contributed by atoms with Gasteiger partial charge in [-0.25, -0.2) is 9.97 Å². The molecule has 0 bridgehead atoms. The van der Waals surface area contributed by atoms with E-state index in [9.17, 15) is 0 Å². The number of hydrogen-bond acceptors (Lipinski definition) is 4. The first kappa shape index (κ1) is 14.7. The van der Waals surface area contributed by atoms with Crippen molar-refractivity contribution in [3.05, 3.63) is 16.5 Å². The maximum Gasteiger partial charge on any atom is 0.137 e. The fraction of sp³-hybridized carbons (Fsp3) is 0.714. The van der Waals surface area contributed by atoms with Crippen molar-refractivity contribution in [2.45, 2.75) is 45.1 Å². The molecule has 0 spiro atoms. The first-order valence-electron chi connectivity index (χ1n) is 6.73. The van der Waals surface area contributed by atoms with Crippen LogP contribution in [-0.4, -0.2) is 36.3 Å². The van der Waals surface area contributed by atoms with Gasteiger partial charge in [0.2, 0.25) is 0 Å². The van der Waals surface area contributed by atoms with Gasteiger partial charge in [-0.15, -0.1) is 0 Å². The molecule has 0 aliphatic carbocycles. The Morgan fingerprint density at radius 1 is 1.26 bits per heavy atom. The van der Waals surface area contributed by atoms with E-state index in [2.05, 4.69) is 46.6 Å². The molecule has 1 aliphatic rings. The van der Waals surface area contributed by atoms with E-state index >= 15 is 0 Å². The summed E-state index contributed by atoms with van der Waals surface area (Å²) in [6.07, 6.45) is 2.51. The minimum absolute atomic E-state index is 0.0383. The number of aromatic nitrogens is 2. The Hall–Kier alpha value is -0.680. The van der Waals surface area contributed by atoms with Crippen molar-refractivity contribution < 1.29 is 4.74 Å². The summed E-state index contributed by atoms with van der Waals surface area (Å²) in [4.78, 5) is 11.5. The molecule has 106 valence electrons. The van der Waals surface area contributed by atoms with Crippen LogP contribution in [0.3, 0.4) is 0 Å². The van der Waals surface area contributed by atoms with Crippen LogP contribution in [0.25, 0.3) is 0 Å². The number of methoxy groups -OCH3 is 1. The second-order valence-corrected chi connectivity index (χ2v) is 6.86. The average molecular weight is 328 g/mol. The largest absolute Gasteiger partial charge is 0.381 e. The molecule has 19 heavy (non-hydrogen) atoms. The Balaban J connectivity index is 2.19. The predicted molar refractivity (Wildman–Crippen MR) is 80.7 cm³/mol. The fourth-order valence-electron chi connectivity index (χ4n) is 2.22. The molecule has 2 heterocycles. The molecule has 0 radical (unpaired) electrons. The van der Waals surface area contributed by atoms with Gasteiger partial charge in [0.05, 0.1) is 6.10 Å². The van der Waals surface area contributed by atoms with Gasteiger partial charge in [0.15, 0.2) is 0 Å². The Labute approximate surface area is 123 Å². The molecular formula is C14H22BrN3O. The van der Waals surface area contributed by atoms with E-state index in [1.165, 1.54) is 0 Å². The molecule has 1 fully saturated rings. The minimum Gasteiger partial charge on any atom is -0.381 e. The third-order valence-electron chi connectivity index (χ3n) is 3.45. The predicted octanol–water partition coefficient (Wildman–Crippen LogP) is 3.15. The number of rotatable bonds is 2. The smallest absolute Gasteiger partial charge is 0.137 e. The molecule has 0 aromatic carbocycles. The second-order valence-electron chi connectivity index (χ2n) is 6.04. The Kier molecular flexibility index (Phi) is 4.46. The van der Waals surface area contributed by atoms with Crippen LogP contribution in [0.15, 0.2) is 10.7 Å². The van der Waals surface area contributed by atoms with E-state index in [-0.39, 0.29) is 5.41 Å². The molecule has 0 N–H and O–H groups in total. The molecule has 1 saturated heterocycles. The highest BCUT2D eigenvalue weighted by atomic mass is 79.9. The van der Waals surface area contributed by atoms with E-state index < -0.39 is 0 Å². The van der Waals surface area contributed by atoms with Gasteiger partial charge in [0.1, 0.15) is 16.2 Å². The van der Waals surface area contributed by atoms with Crippen molar-refractivity contribution in [2.75, 3.05) is 25.1 Å². The number of anilines is 1. The van der Waals surface area contributed by atoms with Crippen molar-refractivity contribution in [1.29, 1.82) is 0 Å². The van der Waals surface area contributed by atoms with Gasteiger partial charge in [0, 0.05) is 31.7 Å². The minimum atomic E-state index is -0.0383. The average Bonchev–Trinajstić information content (AvgIpc) is 2.37. The van der Waals surface area contributed by atoms with E-state index in [1.807, 2.05) is 6.07 Å². The van der Waals surface area contributed by atoms with Gasteiger partial charge in [-0.1, -0.05) is 20.8 Å². The van der Waals surface area contributed by atoms with Crippen molar-refractivity contribution >= 4 is 21.7 Å². The number of piperidine rings is 1. The summed E-state index contributed by atoms with van der Waals surface area (Å²) in [6.45, 7) is 8.39. The van der Waals surface area contributed by atoms with Gasteiger partial charge >= 0.3 is 0 Å². The number of nitrogens with zero attached hydrogens (tertiary/aromatic N) is 3. The normalized spacial score (nSPS) is 17.8. The lowest BCUT2D eigenvalue weighted by Gasteiger charge is -2.32. The summed E-state index contributed by atoms with van der Waals surface area (Å²) in [5.74, 6) is 1.90. The standard InChI is InChI=1S/C14H22BrN3O/c1-14(2,3)13-16-11(15)9-12(17-13)18-7-5-10(19-4)6-8-18/h9-10H,5-8H2,1-4H3. The molecular weight excluding hydrogens is 306 g/mol. The summed E-state index contributed by atoms with van der Waals surface area (Å²) in [5, 5.41) is 0. The molecule has 0 unspecified atom stereocenters. The van der Waals surface area contributed by atoms with Crippen molar-refractivity contribution in [3.8, 4) is 0 Å². The first-order valence-corrected chi connectivity index (χ1v) is 7.52. The first-order chi connectivity index (χ1) is 8.90. The highest BCUT2D eigenvalue weighted by Crippen LogP contribution is 2.26. The summed E-state index contributed by atoms with van der Waals surface area (Å²) >= 11 is 3.50. The second kappa shape index (κ2) is 5.75. The summed E-state index contributed by atoms with van der Waals surface area (Å²) < 4.78 is 6.27. The zero-order valence-corrected chi connectivity index (χ0v) is 13.7.